The third-order valence-corrected chi connectivity index (χ3v) is 2.58. The zero-order valence-corrected chi connectivity index (χ0v) is 11.6. The van der Waals surface area contributed by atoms with Crippen molar-refractivity contribution in [3.8, 4) is 0 Å². The number of carbonyl (C=O) groups excluding carboxylic acids is 1. The number of nitrogens with zero attached hydrogens (tertiary/aromatic N) is 1. The Morgan fingerprint density at radius 2 is 1.76 bits per heavy atom. The van der Waals surface area contributed by atoms with Crippen molar-refractivity contribution < 1.29 is 14.7 Å². The van der Waals surface area contributed by atoms with Gasteiger partial charge in [0.1, 0.15) is 0 Å². The van der Waals surface area contributed by atoms with E-state index in [0.29, 0.717) is 18.9 Å². The predicted molar refractivity (Wildman–Crippen MR) is 67.7 cm³/mol. The Morgan fingerprint density at radius 1 is 1.24 bits per heavy atom. The molecule has 0 saturated heterocycles. The maximum absolute atomic E-state index is 12.0. The predicted octanol–water partition coefficient (Wildman–Crippen LogP) is 2.38. The number of carboxylic acids is 1. The minimum atomic E-state index is -0.852. The second kappa shape index (κ2) is 6.62. The summed E-state index contributed by atoms with van der Waals surface area (Å²) in [5.41, 5.74) is -0.479. The molecule has 0 aliphatic heterocycles. The lowest BCUT2D eigenvalue weighted by Crippen LogP contribution is -2.37. The summed E-state index contributed by atoms with van der Waals surface area (Å²) in [6, 6.07) is 0. The number of carboxylic acid groups (broad SMARTS) is 1. The Balaban J connectivity index is 4.44. The van der Waals surface area contributed by atoms with E-state index in [-0.39, 0.29) is 12.3 Å². The Bertz CT molecular complexity index is 272. The van der Waals surface area contributed by atoms with Gasteiger partial charge < -0.3 is 10.0 Å². The van der Waals surface area contributed by atoms with Crippen LogP contribution in [0.2, 0.25) is 0 Å². The van der Waals surface area contributed by atoms with Crippen LogP contribution in [0.3, 0.4) is 0 Å². The van der Waals surface area contributed by atoms with Crippen LogP contribution in [0.5, 0.6) is 0 Å². The smallest absolute Gasteiger partial charge is 0.303 e. The molecule has 1 amide bonds. The fourth-order valence-electron chi connectivity index (χ4n) is 1.84. The van der Waals surface area contributed by atoms with Crippen molar-refractivity contribution in [2.75, 3.05) is 13.1 Å². The lowest BCUT2D eigenvalue weighted by molar-refractivity contribution is -0.140. The van der Waals surface area contributed by atoms with Crippen molar-refractivity contribution in [2.24, 2.45) is 11.3 Å². The normalized spacial score (nSPS) is 11.6. The highest BCUT2D eigenvalue weighted by atomic mass is 16.4. The van der Waals surface area contributed by atoms with E-state index >= 15 is 0 Å². The first-order valence-electron chi connectivity index (χ1n) is 6.17. The molecule has 17 heavy (non-hydrogen) atoms. The van der Waals surface area contributed by atoms with E-state index in [9.17, 15) is 9.59 Å². The Labute approximate surface area is 104 Å². The van der Waals surface area contributed by atoms with Crippen LogP contribution >= 0.6 is 0 Å². The molecule has 0 saturated carbocycles. The van der Waals surface area contributed by atoms with Gasteiger partial charge in [0, 0.05) is 19.5 Å². The Kier molecular flexibility index (Phi) is 6.21. The van der Waals surface area contributed by atoms with Gasteiger partial charge in [-0.15, -0.1) is 0 Å². The monoisotopic (exact) mass is 243 g/mol. The van der Waals surface area contributed by atoms with E-state index in [1.54, 1.807) is 4.90 Å². The summed E-state index contributed by atoms with van der Waals surface area (Å²) in [6.45, 7) is 11.1. The van der Waals surface area contributed by atoms with Gasteiger partial charge >= 0.3 is 5.97 Å². The first-order chi connectivity index (χ1) is 7.68. The molecule has 0 aromatic rings. The van der Waals surface area contributed by atoms with E-state index in [4.69, 9.17) is 5.11 Å². The maximum Gasteiger partial charge on any atom is 0.303 e. The second-order valence-corrected chi connectivity index (χ2v) is 5.74. The lowest BCUT2D eigenvalue weighted by Gasteiger charge is -2.28. The van der Waals surface area contributed by atoms with Crippen LogP contribution in [0, 0.1) is 11.3 Å². The molecule has 100 valence electrons. The molecule has 0 bridgehead atoms. The molecule has 0 fully saturated rings. The molecule has 1 N–H and O–H groups in total. The van der Waals surface area contributed by atoms with E-state index < -0.39 is 11.4 Å². The van der Waals surface area contributed by atoms with Crippen LogP contribution in [-0.2, 0) is 9.59 Å². The molecule has 0 heterocycles. The molecule has 0 atom stereocenters. The van der Waals surface area contributed by atoms with Crippen LogP contribution in [-0.4, -0.2) is 35.0 Å². The summed E-state index contributed by atoms with van der Waals surface area (Å²) in [4.78, 5) is 24.5. The van der Waals surface area contributed by atoms with Gasteiger partial charge in [0.25, 0.3) is 0 Å². The lowest BCUT2D eigenvalue weighted by atomic mass is 9.85. The van der Waals surface area contributed by atoms with Crippen LogP contribution in [0.25, 0.3) is 0 Å². The standard InChI is InChI=1S/C13H25NO3/c1-6-14(9-10(2)3)11(15)7-13(4,5)8-12(16)17/h10H,6-9H2,1-5H3,(H,16,17). The summed E-state index contributed by atoms with van der Waals surface area (Å²) in [5.74, 6) is -0.372. The summed E-state index contributed by atoms with van der Waals surface area (Å²) < 4.78 is 0. The van der Waals surface area contributed by atoms with Gasteiger partial charge in [-0.3, -0.25) is 9.59 Å². The van der Waals surface area contributed by atoms with Gasteiger partial charge in [0.05, 0.1) is 6.42 Å². The summed E-state index contributed by atoms with van der Waals surface area (Å²) in [7, 11) is 0. The third-order valence-electron chi connectivity index (χ3n) is 2.58. The van der Waals surface area contributed by atoms with E-state index in [0.717, 1.165) is 6.54 Å². The average Bonchev–Trinajstić information content (AvgIpc) is 2.10. The average molecular weight is 243 g/mol. The molecule has 0 aromatic carbocycles. The zero-order chi connectivity index (χ0) is 13.6. The molecule has 0 unspecified atom stereocenters. The van der Waals surface area contributed by atoms with E-state index in [1.807, 2.05) is 20.8 Å². The first kappa shape index (κ1) is 15.9. The van der Waals surface area contributed by atoms with Gasteiger partial charge in [-0.05, 0) is 18.3 Å². The van der Waals surface area contributed by atoms with Crippen molar-refractivity contribution in [3.05, 3.63) is 0 Å². The molecule has 4 nitrogen and oxygen atoms in total. The van der Waals surface area contributed by atoms with Gasteiger partial charge in [-0.1, -0.05) is 27.7 Å². The fourth-order valence-corrected chi connectivity index (χ4v) is 1.84. The van der Waals surface area contributed by atoms with Crippen LogP contribution in [0.4, 0.5) is 0 Å². The number of rotatable bonds is 7. The number of aliphatic carboxylic acids is 1. The second-order valence-electron chi connectivity index (χ2n) is 5.74. The van der Waals surface area contributed by atoms with Crippen molar-refractivity contribution in [1.82, 2.24) is 4.90 Å². The van der Waals surface area contributed by atoms with Gasteiger partial charge in [-0.2, -0.15) is 0 Å². The Morgan fingerprint density at radius 3 is 2.12 bits per heavy atom. The van der Waals surface area contributed by atoms with E-state index in [1.165, 1.54) is 0 Å². The summed E-state index contributed by atoms with van der Waals surface area (Å²) in [5, 5.41) is 8.78. The molecule has 0 aliphatic carbocycles. The molecule has 4 heteroatoms. The largest absolute Gasteiger partial charge is 0.481 e. The quantitative estimate of drug-likeness (QED) is 0.747. The first-order valence-corrected chi connectivity index (χ1v) is 6.17. The highest BCUT2D eigenvalue weighted by Crippen LogP contribution is 2.26. The van der Waals surface area contributed by atoms with Gasteiger partial charge in [0.15, 0.2) is 0 Å². The third kappa shape index (κ3) is 6.97. The van der Waals surface area contributed by atoms with Crippen molar-refractivity contribution in [2.45, 2.75) is 47.5 Å². The Hall–Kier alpha value is -1.06. The van der Waals surface area contributed by atoms with Crippen molar-refractivity contribution in [3.63, 3.8) is 0 Å². The molecule has 0 aromatic heterocycles. The highest BCUT2D eigenvalue weighted by Gasteiger charge is 2.27. The number of amides is 1. The van der Waals surface area contributed by atoms with E-state index in [2.05, 4.69) is 13.8 Å². The molecular formula is C13H25NO3. The molecule has 0 spiro atoms. The molecular weight excluding hydrogens is 218 g/mol. The summed E-state index contributed by atoms with van der Waals surface area (Å²) >= 11 is 0. The van der Waals surface area contributed by atoms with Crippen molar-refractivity contribution >= 4 is 11.9 Å². The summed E-state index contributed by atoms with van der Waals surface area (Å²) in [6.07, 6.45) is 0.317. The van der Waals surface area contributed by atoms with Gasteiger partial charge in [0.2, 0.25) is 5.91 Å². The maximum atomic E-state index is 12.0. The molecule has 0 radical (unpaired) electrons. The minimum absolute atomic E-state index is 0.0258. The van der Waals surface area contributed by atoms with Crippen molar-refractivity contribution in [1.29, 1.82) is 0 Å². The minimum Gasteiger partial charge on any atom is -0.481 e. The molecule has 0 aliphatic rings. The van der Waals surface area contributed by atoms with Crippen LogP contribution < -0.4 is 0 Å². The number of hydrogen-bond donors (Lipinski definition) is 1. The number of carbonyl (C=O) groups is 2. The van der Waals surface area contributed by atoms with Crippen LogP contribution in [0.15, 0.2) is 0 Å². The topological polar surface area (TPSA) is 57.6 Å². The number of hydrogen-bond acceptors (Lipinski definition) is 2. The fraction of sp³-hybridized carbons (Fsp3) is 0.846. The van der Waals surface area contributed by atoms with Crippen LogP contribution in [0.1, 0.15) is 47.5 Å². The molecule has 0 rings (SSSR count). The zero-order valence-electron chi connectivity index (χ0n) is 11.6. The van der Waals surface area contributed by atoms with Gasteiger partial charge in [-0.25, -0.2) is 0 Å². The SMILES string of the molecule is CCN(CC(C)C)C(=O)CC(C)(C)CC(=O)O. The highest BCUT2D eigenvalue weighted by molar-refractivity contribution is 5.78.